The van der Waals surface area contributed by atoms with E-state index in [1.807, 2.05) is 0 Å². The van der Waals surface area contributed by atoms with E-state index in [-0.39, 0.29) is 47.4 Å². The van der Waals surface area contributed by atoms with Gasteiger partial charge in [0.25, 0.3) is 12.4 Å². The number of amides is 1. The van der Waals surface area contributed by atoms with Crippen molar-refractivity contribution < 1.29 is 37.7 Å². The number of imidazole rings is 1. The minimum atomic E-state index is -4.46. The Balaban J connectivity index is 0.00000108. The number of carbonyl (C=O) groups is 2. The smallest absolute Gasteiger partial charge is 0.416 e. The normalized spacial score (nSPS) is 11.0. The number of rotatable bonds is 6. The van der Waals surface area contributed by atoms with Gasteiger partial charge in [-0.2, -0.15) is 18.3 Å². The molecule has 4 aromatic rings. The highest BCUT2D eigenvalue weighted by Gasteiger charge is 2.30. The van der Waals surface area contributed by atoms with E-state index in [1.165, 1.54) is 30.3 Å². The summed E-state index contributed by atoms with van der Waals surface area (Å²) in [7, 11) is 0. The van der Waals surface area contributed by atoms with E-state index in [2.05, 4.69) is 25.5 Å². The summed E-state index contributed by atoms with van der Waals surface area (Å²) in [6.45, 7) is -0.352. The lowest BCUT2D eigenvalue weighted by Crippen LogP contribution is -2.12. The second-order valence-corrected chi connectivity index (χ2v) is 7.17. The van der Waals surface area contributed by atoms with Gasteiger partial charge in [-0.15, -0.1) is 0 Å². The number of nitrogens with zero attached hydrogens (tertiary/aromatic N) is 2. The monoisotopic (exact) mass is 511 g/mol. The first kappa shape index (κ1) is 25.5. The van der Waals surface area contributed by atoms with Crippen LogP contribution in [0.1, 0.15) is 15.9 Å². The molecule has 0 atom stereocenters. The van der Waals surface area contributed by atoms with Crippen LogP contribution in [-0.2, 0) is 11.0 Å². The summed E-state index contributed by atoms with van der Waals surface area (Å²) in [6, 6.07) is 9.11. The molecule has 2 aromatic heterocycles. The van der Waals surface area contributed by atoms with Gasteiger partial charge in [0.2, 0.25) is 0 Å². The van der Waals surface area contributed by atoms with E-state index >= 15 is 0 Å². The summed E-state index contributed by atoms with van der Waals surface area (Å²) in [5, 5.41) is 25.1. The number of ether oxygens (including phenoxy) is 1. The molecular formula is C21H17ClF3N5O5. The van der Waals surface area contributed by atoms with Crippen LogP contribution in [0.15, 0.2) is 42.5 Å². The van der Waals surface area contributed by atoms with Crippen LogP contribution in [0.4, 0.5) is 19.0 Å². The van der Waals surface area contributed by atoms with Crippen LogP contribution in [0.5, 0.6) is 5.75 Å². The molecule has 0 fully saturated rings. The summed E-state index contributed by atoms with van der Waals surface area (Å²) >= 11 is 6.08. The molecule has 2 heterocycles. The fourth-order valence-corrected chi connectivity index (χ4v) is 3.16. The summed E-state index contributed by atoms with van der Waals surface area (Å²) in [4.78, 5) is 27.9. The maximum Gasteiger partial charge on any atom is 0.416 e. The minimum absolute atomic E-state index is 0.0701. The number of fused-ring (bicyclic) bond motifs is 1. The predicted molar refractivity (Wildman–Crippen MR) is 119 cm³/mol. The standard InChI is InChI=1S/C20H15ClF3N5O3.CH2O2/c21-12-7-10(1-4-16(12)32-6-5-30)19(31)27-17-9-15(28-29-17)18-25-13-3-2-11(20(22,23)24)8-14(13)26-18;2-1-3/h1-4,7-9,30H,5-6H2,(H,25,26)(H2,27,28,29,31);1H,(H,2,3). The number of aromatic amines is 2. The van der Waals surface area contributed by atoms with E-state index in [1.54, 1.807) is 0 Å². The van der Waals surface area contributed by atoms with Gasteiger partial charge in [0.15, 0.2) is 11.6 Å². The lowest BCUT2D eigenvalue weighted by Gasteiger charge is -2.08. The zero-order valence-corrected chi connectivity index (χ0v) is 18.3. The molecule has 5 N–H and O–H groups in total. The van der Waals surface area contributed by atoms with Crippen molar-refractivity contribution in [2.75, 3.05) is 18.5 Å². The highest BCUT2D eigenvalue weighted by atomic mass is 35.5. The zero-order valence-electron chi connectivity index (χ0n) is 17.6. The first-order valence-corrected chi connectivity index (χ1v) is 10.1. The molecule has 0 aliphatic rings. The summed E-state index contributed by atoms with van der Waals surface area (Å²) in [6.07, 6.45) is -4.46. The molecule has 0 aliphatic heterocycles. The SMILES string of the molecule is O=C(Nc1cc(-c2nc3ccc(C(F)(F)F)cc3[nH]2)[nH]n1)c1ccc(OCCO)c(Cl)c1.O=CO. The Morgan fingerprint density at radius 2 is 1.94 bits per heavy atom. The summed E-state index contributed by atoms with van der Waals surface area (Å²) < 4.78 is 43.9. The van der Waals surface area contributed by atoms with Crippen molar-refractivity contribution in [3.05, 3.63) is 58.6 Å². The van der Waals surface area contributed by atoms with Crippen LogP contribution in [0.25, 0.3) is 22.6 Å². The van der Waals surface area contributed by atoms with Crippen LogP contribution in [0.2, 0.25) is 5.02 Å². The number of benzene rings is 2. The van der Waals surface area contributed by atoms with Gasteiger partial charge in [-0.25, -0.2) is 4.98 Å². The van der Waals surface area contributed by atoms with E-state index in [9.17, 15) is 18.0 Å². The second kappa shape index (κ2) is 10.9. The predicted octanol–water partition coefficient (Wildman–Crippen LogP) is 3.95. The average Bonchev–Trinajstić information content (AvgIpc) is 3.44. The van der Waals surface area contributed by atoms with Crippen molar-refractivity contribution in [3.63, 3.8) is 0 Å². The molecular weight excluding hydrogens is 495 g/mol. The molecule has 0 radical (unpaired) electrons. The summed E-state index contributed by atoms with van der Waals surface area (Å²) in [5.41, 5.74) is 0.402. The Kier molecular flexibility index (Phi) is 7.94. The van der Waals surface area contributed by atoms with E-state index in [4.69, 9.17) is 31.3 Å². The van der Waals surface area contributed by atoms with E-state index in [0.717, 1.165) is 12.1 Å². The molecule has 10 nitrogen and oxygen atoms in total. The molecule has 0 aliphatic carbocycles. The third kappa shape index (κ3) is 6.28. The fourth-order valence-electron chi connectivity index (χ4n) is 2.92. The number of aliphatic hydroxyl groups is 1. The molecule has 4 rings (SSSR count). The van der Waals surface area contributed by atoms with Gasteiger partial charge in [0.05, 0.1) is 28.2 Å². The fraction of sp³-hybridized carbons (Fsp3) is 0.143. The molecule has 184 valence electrons. The lowest BCUT2D eigenvalue weighted by molar-refractivity contribution is -0.137. The van der Waals surface area contributed by atoms with Gasteiger partial charge >= 0.3 is 6.18 Å². The molecule has 14 heteroatoms. The molecule has 1 amide bonds. The average molecular weight is 512 g/mol. The Hall–Kier alpha value is -4.10. The third-order valence-electron chi connectivity index (χ3n) is 4.43. The topological polar surface area (TPSA) is 153 Å². The van der Waals surface area contributed by atoms with Crippen LogP contribution in [0, 0.1) is 0 Å². The van der Waals surface area contributed by atoms with Gasteiger partial charge in [-0.05, 0) is 36.4 Å². The number of carbonyl (C=O) groups excluding carboxylic acids is 1. The van der Waals surface area contributed by atoms with Gasteiger partial charge in [0.1, 0.15) is 18.1 Å². The Morgan fingerprint density at radius 1 is 1.20 bits per heavy atom. The Labute approximate surface area is 199 Å². The van der Waals surface area contributed by atoms with Crippen LogP contribution in [-0.4, -0.2) is 56.0 Å². The number of H-pyrrole nitrogens is 2. The van der Waals surface area contributed by atoms with Crippen molar-refractivity contribution in [3.8, 4) is 17.3 Å². The van der Waals surface area contributed by atoms with Gasteiger partial charge in [-0.3, -0.25) is 14.7 Å². The number of hydrogen-bond donors (Lipinski definition) is 5. The molecule has 0 unspecified atom stereocenters. The van der Waals surface area contributed by atoms with E-state index < -0.39 is 17.6 Å². The summed E-state index contributed by atoms with van der Waals surface area (Å²) in [5.74, 6) is 0.287. The van der Waals surface area contributed by atoms with E-state index in [0.29, 0.717) is 17.0 Å². The quantitative estimate of drug-likeness (QED) is 0.246. The number of alkyl halides is 3. The van der Waals surface area contributed by atoms with Crippen molar-refractivity contribution in [2.45, 2.75) is 6.18 Å². The lowest BCUT2D eigenvalue weighted by atomic mass is 10.2. The highest BCUT2D eigenvalue weighted by Crippen LogP contribution is 2.32. The molecule has 0 bridgehead atoms. The van der Waals surface area contributed by atoms with Crippen molar-refractivity contribution in [1.29, 1.82) is 0 Å². The largest absolute Gasteiger partial charge is 0.490 e. The van der Waals surface area contributed by atoms with Crippen LogP contribution in [0.3, 0.4) is 0 Å². The number of anilines is 1. The van der Waals surface area contributed by atoms with Crippen LogP contribution >= 0.6 is 11.6 Å². The second-order valence-electron chi connectivity index (χ2n) is 6.76. The number of halogens is 4. The molecule has 0 spiro atoms. The van der Waals surface area contributed by atoms with Crippen LogP contribution < -0.4 is 10.1 Å². The molecule has 0 saturated carbocycles. The van der Waals surface area contributed by atoms with Gasteiger partial charge in [0, 0.05) is 11.6 Å². The maximum absolute atomic E-state index is 12.9. The molecule has 2 aromatic carbocycles. The van der Waals surface area contributed by atoms with Gasteiger partial charge < -0.3 is 25.3 Å². The third-order valence-corrected chi connectivity index (χ3v) is 4.72. The van der Waals surface area contributed by atoms with Crippen molar-refractivity contribution in [2.24, 2.45) is 0 Å². The Bertz CT molecular complexity index is 1340. The Morgan fingerprint density at radius 3 is 2.60 bits per heavy atom. The molecule has 0 saturated heterocycles. The zero-order chi connectivity index (χ0) is 25.6. The number of carboxylic acid groups (broad SMARTS) is 1. The first-order chi connectivity index (χ1) is 16.7. The van der Waals surface area contributed by atoms with Crippen molar-refractivity contribution >= 4 is 40.8 Å². The van der Waals surface area contributed by atoms with Crippen molar-refractivity contribution in [1.82, 2.24) is 20.2 Å². The number of nitrogens with one attached hydrogen (secondary N) is 3. The maximum atomic E-state index is 12.9. The molecule has 35 heavy (non-hydrogen) atoms. The number of aromatic nitrogens is 4. The van der Waals surface area contributed by atoms with Gasteiger partial charge in [-0.1, -0.05) is 11.6 Å². The number of aliphatic hydroxyl groups excluding tert-OH is 1. The highest BCUT2D eigenvalue weighted by molar-refractivity contribution is 6.32. The first-order valence-electron chi connectivity index (χ1n) is 9.71. The number of hydrogen-bond acceptors (Lipinski definition) is 6. The minimum Gasteiger partial charge on any atom is -0.490 e.